The van der Waals surface area contributed by atoms with E-state index in [1.807, 2.05) is 29.2 Å². The van der Waals surface area contributed by atoms with Crippen LogP contribution in [-0.2, 0) is 9.59 Å². The summed E-state index contributed by atoms with van der Waals surface area (Å²) in [6, 6.07) is 13.6. The molecular weight excluding hydrogens is 379 g/mol. The fourth-order valence-electron chi connectivity index (χ4n) is 3.19. The smallest absolute Gasteiger partial charge is 0.234 e. The van der Waals surface area contributed by atoms with Gasteiger partial charge in [0.05, 0.1) is 18.6 Å². The van der Waals surface area contributed by atoms with Crippen LogP contribution in [0.5, 0.6) is 5.75 Å². The summed E-state index contributed by atoms with van der Waals surface area (Å²) >= 11 is 1.29. The zero-order valence-corrected chi connectivity index (χ0v) is 16.5. The van der Waals surface area contributed by atoms with Crippen molar-refractivity contribution < 1.29 is 18.7 Å². The SMILES string of the molecule is COc1ccc(C2CCN(C(=O)CSCC(=O)Nc3ccc(F)cc3)C2)cc1. The standard InChI is InChI=1S/C21H23FN2O3S/c1-27-19-8-2-15(3-9-19)16-10-11-24(12-16)21(26)14-28-13-20(25)23-18-6-4-17(22)5-7-18/h2-9,16H,10-14H2,1H3,(H,23,25). The van der Waals surface area contributed by atoms with Gasteiger partial charge in [0.1, 0.15) is 11.6 Å². The van der Waals surface area contributed by atoms with Crippen LogP contribution in [0.2, 0.25) is 0 Å². The van der Waals surface area contributed by atoms with E-state index in [0.717, 1.165) is 18.7 Å². The first kappa shape index (κ1) is 20.2. The van der Waals surface area contributed by atoms with Crippen molar-refractivity contribution in [2.24, 2.45) is 0 Å². The number of anilines is 1. The largest absolute Gasteiger partial charge is 0.497 e. The van der Waals surface area contributed by atoms with Crippen LogP contribution in [0.15, 0.2) is 48.5 Å². The van der Waals surface area contributed by atoms with Crippen LogP contribution < -0.4 is 10.1 Å². The van der Waals surface area contributed by atoms with Crippen molar-refractivity contribution in [2.45, 2.75) is 12.3 Å². The van der Waals surface area contributed by atoms with E-state index in [1.165, 1.54) is 41.6 Å². The topological polar surface area (TPSA) is 58.6 Å². The molecule has 1 aliphatic heterocycles. The summed E-state index contributed by atoms with van der Waals surface area (Å²) in [7, 11) is 1.64. The van der Waals surface area contributed by atoms with Gasteiger partial charge in [0, 0.05) is 24.7 Å². The van der Waals surface area contributed by atoms with E-state index in [0.29, 0.717) is 18.2 Å². The number of nitrogens with zero attached hydrogens (tertiary/aromatic N) is 1. The second kappa shape index (κ2) is 9.59. The van der Waals surface area contributed by atoms with Gasteiger partial charge >= 0.3 is 0 Å². The Kier molecular flexibility index (Phi) is 6.92. The van der Waals surface area contributed by atoms with Crippen molar-refractivity contribution in [3.63, 3.8) is 0 Å². The Balaban J connectivity index is 1.40. The predicted molar refractivity (Wildman–Crippen MR) is 109 cm³/mol. The van der Waals surface area contributed by atoms with Gasteiger partial charge in [0.25, 0.3) is 0 Å². The molecule has 1 unspecified atom stereocenters. The van der Waals surface area contributed by atoms with Crippen molar-refractivity contribution in [1.29, 1.82) is 0 Å². The number of hydrogen-bond acceptors (Lipinski definition) is 4. The molecule has 1 heterocycles. The number of ether oxygens (including phenoxy) is 1. The van der Waals surface area contributed by atoms with Crippen LogP contribution in [0.3, 0.4) is 0 Å². The molecule has 0 saturated carbocycles. The minimum atomic E-state index is -0.350. The summed E-state index contributed by atoms with van der Waals surface area (Å²) in [5, 5.41) is 2.69. The quantitative estimate of drug-likeness (QED) is 0.770. The summed E-state index contributed by atoms with van der Waals surface area (Å²) in [5.41, 5.74) is 1.75. The van der Waals surface area contributed by atoms with E-state index >= 15 is 0 Å². The van der Waals surface area contributed by atoms with E-state index < -0.39 is 0 Å². The zero-order chi connectivity index (χ0) is 19.9. The first-order chi connectivity index (χ1) is 13.5. The Bertz CT molecular complexity index is 811. The molecule has 0 bridgehead atoms. The Morgan fingerprint density at radius 3 is 2.54 bits per heavy atom. The third-order valence-corrected chi connectivity index (χ3v) is 5.63. The minimum Gasteiger partial charge on any atom is -0.497 e. The lowest BCUT2D eigenvalue weighted by atomic mass is 9.98. The molecule has 1 atom stereocenters. The minimum absolute atomic E-state index is 0.0515. The number of benzene rings is 2. The van der Waals surface area contributed by atoms with E-state index in [1.54, 1.807) is 7.11 Å². The maximum Gasteiger partial charge on any atom is 0.234 e. The monoisotopic (exact) mass is 402 g/mol. The molecular formula is C21H23FN2O3S. The number of methoxy groups -OCH3 is 1. The average molecular weight is 402 g/mol. The van der Waals surface area contributed by atoms with Crippen molar-refractivity contribution in [3.8, 4) is 5.75 Å². The van der Waals surface area contributed by atoms with Gasteiger partial charge in [-0.15, -0.1) is 11.8 Å². The third-order valence-electron chi connectivity index (χ3n) is 4.71. The summed E-state index contributed by atoms with van der Waals surface area (Å²) in [5.74, 6) is 1.10. The molecule has 1 saturated heterocycles. The molecule has 7 heteroatoms. The lowest BCUT2D eigenvalue weighted by molar-refractivity contribution is -0.127. The summed E-state index contributed by atoms with van der Waals surface area (Å²) in [4.78, 5) is 26.2. The fourth-order valence-corrected chi connectivity index (χ4v) is 3.90. The number of nitrogens with one attached hydrogen (secondary N) is 1. The van der Waals surface area contributed by atoms with Gasteiger partial charge in [-0.2, -0.15) is 0 Å². The van der Waals surface area contributed by atoms with Crippen molar-refractivity contribution >= 4 is 29.3 Å². The molecule has 0 aromatic heterocycles. The fraction of sp³-hybridized carbons (Fsp3) is 0.333. The molecule has 2 aromatic carbocycles. The maximum atomic E-state index is 12.9. The first-order valence-electron chi connectivity index (χ1n) is 9.10. The lowest BCUT2D eigenvalue weighted by Gasteiger charge is -2.16. The van der Waals surface area contributed by atoms with Crippen LogP contribution >= 0.6 is 11.8 Å². The van der Waals surface area contributed by atoms with Crippen molar-refractivity contribution in [3.05, 3.63) is 59.9 Å². The third kappa shape index (κ3) is 5.48. The maximum absolute atomic E-state index is 12.9. The van der Waals surface area contributed by atoms with Gasteiger partial charge < -0.3 is 15.0 Å². The highest BCUT2D eigenvalue weighted by molar-refractivity contribution is 8.00. The van der Waals surface area contributed by atoms with Crippen LogP contribution in [0.25, 0.3) is 0 Å². The van der Waals surface area contributed by atoms with Gasteiger partial charge in [-0.3, -0.25) is 9.59 Å². The second-order valence-electron chi connectivity index (χ2n) is 6.65. The Morgan fingerprint density at radius 2 is 1.86 bits per heavy atom. The Labute approximate surface area is 168 Å². The summed E-state index contributed by atoms with van der Waals surface area (Å²) in [6.07, 6.45) is 0.938. The van der Waals surface area contributed by atoms with Crippen molar-refractivity contribution in [1.82, 2.24) is 4.90 Å². The summed E-state index contributed by atoms with van der Waals surface area (Å²) in [6.45, 7) is 1.44. The first-order valence-corrected chi connectivity index (χ1v) is 10.3. The molecule has 1 aliphatic rings. The number of carbonyl (C=O) groups excluding carboxylic acids is 2. The molecule has 28 heavy (non-hydrogen) atoms. The molecule has 1 fully saturated rings. The second-order valence-corrected chi connectivity index (χ2v) is 7.63. The van der Waals surface area contributed by atoms with E-state index in [2.05, 4.69) is 5.32 Å². The van der Waals surface area contributed by atoms with E-state index in [-0.39, 0.29) is 29.1 Å². The number of halogens is 1. The van der Waals surface area contributed by atoms with E-state index in [4.69, 9.17) is 4.74 Å². The van der Waals surface area contributed by atoms with Gasteiger partial charge in [-0.25, -0.2) is 4.39 Å². The molecule has 0 aliphatic carbocycles. The number of amides is 2. The highest BCUT2D eigenvalue weighted by atomic mass is 32.2. The number of thioether (sulfide) groups is 1. The van der Waals surface area contributed by atoms with Gasteiger partial charge in [0.2, 0.25) is 11.8 Å². The number of hydrogen-bond donors (Lipinski definition) is 1. The molecule has 1 N–H and O–H groups in total. The van der Waals surface area contributed by atoms with Gasteiger partial charge in [0.15, 0.2) is 0 Å². The molecule has 5 nitrogen and oxygen atoms in total. The highest BCUT2D eigenvalue weighted by Crippen LogP contribution is 2.28. The van der Waals surface area contributed by atoms with Crippen LogP contribution in [0.4, 0.5) is 10.1 Å². The van der Waals surface area contributed by atoms with Crippen LogP contribution in [0, 0.1) is 5.82 Å². The molecule has 3 rings (SSSR count). The van der Waals surface area contributed by atoms with Crippen molar-refractivity contribution in [2.75, 3.05) is 37.0 Å². The average Bonchev–Trinajstić information content (AvgIpc) is 3.20. The molecule has 2 aromatic rings. The van der Waals surface area contributed by atoms with Gasteiger partial charge in [-0.05, 0) is 48.4 Å². The lowest BCUT2D eigenvalue weighted by Crippen LogP contribution is -2.30. The number of likely N-dealkylation sites (tertiary alicyclic amines) is 1. The zero-order valence-electron chi connectivity index (χ0n) is 15.7. The molecule has 2 amide bonds. The van der Waals surface area contributed by atoms with Gasteiger partial charge in [-0.1, -0.05) is 12.1 Å². The van der Waals surface area contributed by atoms with Crippen LogP contribution in [0.1, 0.15) is 17.9 Å². The summed E-state index contributed by atoms with van der Waals surface area (Å²) < 4.78 is 18.0. The van der Waals surface area contributed by atoms with Crippen LogP contribution in [-0.4, -0.2) is 48.4 Å². The number of carbonyl (C=O) groups is 2. The number of rotatable bonds is 7. The molecule has 0 radical (unpaired) electrons. The predicted octanol–water partition coefficient (Wildman–Crippen LogP) is 3.52. The normalized spacial score (nSPS) is 16.1. The highest BCUT2D eigenvalue weighted by Gasteiger charge is 2.27. The van der Waals surface area contributed by atoms with E-state index in [9.17, 15) is 14.0 Å². The molecule has 0 spiro atoms. The Morgan fingerprint density at radius 1 is 1.14 bits per heavy atom. The Hall–Kier alpha value is -2.54. The molecule has 148 valence electrons.